The average Bonchev–Trinajstić information content (AvgIpc) is 2.93. The van der Waals surface area contributed by atoms with Gasteiger partial charge in [0.2, 0.25) is 5.91 Å². The maximum Gasteiger partial charge on any atom is 0.573 e. The molecule has 39 heavy (non-hydrogen) atoms. The molecule has 4 rings (SSSR count). The minimum absolute atomic E-state index is 0.121. The van der Waals surface area contributed by atoms with Gasteiger partial charge in [0, 0.05) is 43.5 Å². The fourth-order valence-corrected chi connectivity index (χ4v) is 4.88. The van der Waals surface area contributed by atoms with Crippen LogP contribution in [0.2, 0.25) is 0 Å². The number of alkyl halides is 3. The van der Waals surface area contributed by atoms with Crippen molar-refractivity contribution in [3.63, 3.8) is 0 Å². The van der Waals surface area contributed by atoms with Crippen LogP contribution in [0.15, 0.2) is 72.1 Å². The Balaban J connectivity index is 1.45. The van der Waals surface area contributed by atoms with Crippen LogP contribution in [0.4, 0.5) is 18.9 Å². The van der Waals surface area contributed by atoms with Crippen molar-refractivity contribution in [3.05, 3.63) is 78.2 Å². The van der Waals surface area contributed by atoms with Crippen molar-refractivity contribution >= 4 is 29.3 Å². The van der Waals surface area contributed by atoms with E-state index in [1.54, 1.807) is 36.7 Å². The van der Waals surface area contributed by atoms with Crippen LogP contribution in [0.5, 0.6) is 5.75 Å². The Labute approximate surface area is 226 Å². The number of pyridine rings is 2. The third-order valence-electron chi connectivity index (χ3n) is 5.66. The van der Waals surface area contributed by atoms with Crippen molar-refractivity contribution in [2.24, 2.45) is 0 Å². The SMILES string of the molecule is O=C(CNC1CCOCC1)NC(Sc1ncccc1C(=O)Nc1ccc(OC(F)(F)F)cc1)c1ccncc1. The van der Waals surface area contributed by atoms with Crippen LogP contribution >= 0.6 is 11.8 Å². The molecule has 2 amide bonds. The highest BCUT2D eigenvalue weighted by Gasteiger charge is 2.31. The van der Waals surface area contributed by atoms with Crippen molar-refractivity contribution in [1.82, 2.24) is 20.6 Å². The molecule has 3 aromatic rings. The summed E-state index contributed by atoms with van der Waals surface area (Å²) in [5.74, 6) is -1.14. The molecule has 1 aliphatic rings. The van der Waals surface area contributed by atoms with E-state index in [-0.39, 0.29) is 29.7 Å². The van der Waals surface area contributed by atoms with Gasteiger partial charge in [-0.25, -0.2) is 4.98 Å². The number of hydrogen-bond donors (Lipinski definition) is 3. The van der Waals surface area contributed by atoms with Crippen LogP contribution in [-0.2, 0) is 9.53 Å². The molecule has 0 spiro atoms. The minimum Gasteiger partial charge on any atom is -0.406 e. The van der Waals surface area contributed by atoms with Crippen LogP contribution in [-0.4, -0.2) is 53.9 Å². The number of thioether (sulfide) groups is 1. The normalized spacial score (nSPS) is 14.8. The molecular formula is C26H26F3N5O4S. The summed E-state index contributed by atoms with van der Waals surface area (Å²) >= 11 is 1.18. The monoisotopic (exact) mass is 561 g/mol. The number of nitrogens with one attached hydrogen (secondary N) is 3. The molecule has 3 N–H and O–H groups in total. The van der Waals surface area contributed by atoms with E-state index in [0.29, 0.717) is 18.2 Å². The Morgan fingerprint density at radius 2 is 1.77 bits per heavy atom. The zero-order chi connectivity index (χ0) is 27.7. The van der Waals surface area contributed by atoms with Gasteiger partial charge in [-0.1, -0.05) is 11.8 Å². The second-order valence-corrected chi connectivity index (χ2v) is 9.59. The molecule has 1 atom stereocenters. The quantitative estimate of drug-likeness (QED) is 0.248. The lowest BCUT2D eigenvalue weighted by Crippen LogP contribution is -2.42. The summed E-state index contributed by atoms with van der Waals surface area (Å²) in [5.41, 5.74) is 1.26. The molecule has 0 saturated carbocycles. The number of anilines is 1. The molecule has 1 saturated heterocycles. The molecule has 3 heterocycles. The van der Waals surface area contributed by atoms with Crippen LogP contribution in [0.25, 0.3) is 0 Å². The zero-order valence-corrected chi connectivity index (χ0v) is 21.4. The number of benzene rings is 1. The van der Waals surface area contributed by atoms with E-state index in [2.05, 4.69) is 30.7 Å². The standard InChI is InChI=1S/C26H26F3N5O4S/c27-26(28,29)38-20-5-3-19(4-6-20)33-23(36)21-2-1-11-31-25(21)39-24(17-7-12-30-13-8-17)34-22(35)16-32-18-9-14-37-15-10-18/h1-8,11-13,18,24,32H,9-10,14-16H2,(H,33,36)(H,34,35). The molecule has 0 aliphatic carbocycles. The summed E-state index contributed by atoms with van der Waals surface area (Å²) in [5, 5.41) is 8.67. The number of rotatable bonds is 10. The highest BCUT2D eigenvalue weighted by Crippen LogP contribution is 2.34. The maximum absolute atomic E-state index is 13.1. The van der Waals surface area contributed by atoms with Gasteiger partial charge in [0.1, 0.15) is 16.1 Å². The molecule has 1 unspecified atom stereocenters. The topological polar surface area (TPSA) is 114 Å². The molecule has 0 bridgehead atoms. The molecule has 206 valence electrons. The Bertz CT molecular complexity index is 1240. The Kier molecular flexibility index (Phi) is 9.74. The highest BCUT2D eigenvalue weighted by molar-refractivity contribution is 7.99. The highest BCUT2D eigenvalue weighted by atomic mass is 32.2. The summed E-state index contributed by atoms with van der Waals surface area (Å²) in [6, 6.07) is 11.7. The van der Waals surface area contributed by atoms with Gasteiger partial charge < -0.3 is 25.4 Å². The summed E-state index contributed by atoms with van der Waals surface area (Å²) in [6.45, 7) is 1.44. The lowest BCUT2D eigenvalue weighted by Gasteiger charge is -2.24. The molecule has 1 fully saturated rings. The molecule has 1 aromatic carbocycles. The predicted octanol–water partition coefficient (Wildman–Crippen LogP) is 4.30. The van der Waals surface area contributed by atoms with E-state index in [4.69, 9.17) is 4.74 Å². The van der Waals surface area contributed by atoms with Gasteiger partial charge in [0.15, 0.2) is 0 Å². The van der Waals surface area contributed by atoms with Gasteiger partial charge in [-0.3, -0.25) is 14.6 Å². The largest absolute Gasteiger partial charge is 0.573 e. The fourth-order valence-electron chi connectivity index (χ4n) is 3.76. The Hall–Kier alpha value is -3.68. The number of amides is 2. The molecule has 9 nitrogen and oxygen atoms in total. The van der Waals surface area contributed by atoms with Crippen LogP contribution in [0.3, 0.4) is 0 Å². The van der Waals surface area contributed by atoms with E-state index in [0.717, 1.165) is 30.5 Å². The number of carbonyl (C=O) groups is 2. The number of halogens is 3. The van der Waals surface area contributed by atoms with E-state index in [1.807, 2.05) is 0 Å². The van der Waals surface area contributed by atoms with Crippen molar-refractivity contribution in [3.8, 4) is 5.75 Å². The van der Waals surface area contributed by atoms with Crippen molar-refractivity contribution < 1.29 is 32.2 Å². The van der Waals surface area contributed by atoms with Crippen molar-refractivity contribution in [2.45, 2.75) is 35.6 Å². The summed E-state index contributed by atoms with van der Waals surface area (Å²) in [7, 11) is 0. The number of carbonyl (C=O) groups excluding carboxylic acids is 2. The van der Waals surface area contributed by atoms with Gasteiger partial charge in [-0.05, 0) is 66.9 Å². The molecule has 1 aliphatic heterocycles. The molecule has 0 radical (unpaired) electrons. The second-order valence-electron chi connectivity index (χ2n) is 8.50. The average molecular weight is 562 g/mol. The predicted molar refractivity (Wildman–Crippen MR) is 138 cm³/mol. The number of nitrogens with zero attached hydrogens (tertiary/aromatic N) is 2. The lowest BCUT2D eigenvalue weighted by atomic mass is 10.1. The molecule has 13 heteroatoms. The van der Waals surface area contributed by atoms with Crippen molar-refractivity contribution in [1.29, 1.82) is 0 Å². The van der Waals surface area contributed by atoms with Crippen LogP contribution in [0.1, 0.15) is 34.1 Å². The first-order valence-electron chi connectivity index (χ1n) is 12.1. The zero-order valence-electron chi connectivity index (χ0n) is 20.6. The Morgan fingerprint density at radius 3 is 2.46 bits per heavy atom. The first-order valence-corrected chi connectivity index (χ1v) is 12.9. The first kappa shape index (κ1) is 28.3. The minimum atomic E-state index is -4.81. The van der Waals surface area contributed by atoms with E-state index < -0.39 is 23.4 Å². The van der Waals surface area contributed by atoms with E-state index in [1.165, 1.54) is 30.1 Å². The van der Waals surface area contributed by atoms with Gasteiger partial charge in [0.25, 0.3) is 5.91 Å². The Morgan fingerprint density at radius 1 is 1.05 bits per heavy atom. The smallest absolute Gasteiger partial charge is 0.406 e. The van der Waals surface area contributed by atoms with Gasteiger partial charge >= 0.3 is 6.36 Å². The number of hydrogen-bond acceptors (Lipinski definition) is 8. The third kappa shape index (κ3) is 8.94. The second kappa shape index (κ2) is 13.4. The lowest BCUT2D eigenvalue weighted by molar-refractivity contribution is -0.274. The fraction of sp³-hybridized carbons (Fsp3) is 0.308. The number of aromatic nitrogens is 2. The van der Waals surface area contributed by atoms with Gasteiger partial charge in [-0.15, -0.1) is 13.2 Å². The van der Waals surface area contributed by atoms with Crippen LogP contribution < -0.4 is 20.7 Å². The van der Waals surface area contributed by atoms with E-state index in [9.17, 15) is 22.8 Å². The molecule has 2 aromatic heterocycles. The summed E-state index contributed by atoms with van der Waals surface area (Å²) in [4.78, 5) is 34.3. The third-order valence-corrected chi connectivity index (χ3v) is 6.84. The number of ether oxygens (including phenoxy) is 2. The van der Waals surface area contributed by atoms with Gasteiger partial charge in [-0.2, -0.15) is 0 Å². The summed E-state index contributed by atoms with van der Waals surface area (Å²) < 4.78 is 46.4. The molecular weight excluding hydrogens is 535 g/mol. The van der Waals surface area contributed by atoms with Gasteiger partial charge in [0.05, 0.1) is 12.1 Å². The van der Waals surface area contributed by atoms with E-state index >= 15 is 0 Å². The summed E-state index contributed by atoms with van der Waals surface area (Å²) in [6.07, 6.45) is 1.59. The maximum atomic E-state index is 13.1. The van der Waals surface area contributed by atoms with Crippen LogP contribution in [0, 0.1) is 0 Å². The van der Waals surface area contributed by atoms with Crippen molar-refractivity contribution in [2.75, 3.05) is 25.1 Å². The first-order chi connectivity index (χ1) is 18.8.